The van der Waals surface area contributed by atoms with Crippen LogP contribution in [0.15, 0.2) is 52.2 Å². The van der Waals surface area contributed by atoms with Crippen molar-refractivity contribution in [3.8, 4) is 0 Å². The highest BCUT2D eigenvalue weighted by Crippen LogP contribution is 2.29. The molecule has 0 radical (unpaired) electrons. The predicted molar refractivity (Wildman–Crippen MR) is 120 cm³/mol. The zero-order valence-electron chi connectivity index (χ0n) is 17.6. The number of Topliss-reactive ketones (excluding diaryl/α,β-unsaturated/α-hetero) is 1. The number of amides is 1. The molecule has 0 spiro atoms. The first-order valence-corrected chi connectivity index (χ1v) is 11.2. The van der Waals surface area contributed by atoms with Gasteiger partial charge in [-0.2, -0.15) is 0 Å². The van der Waals surface area contributed by atoms with Crippen LogP contribution in [0.4, 0.5) is 11.6 Å². The number of hydrogen-bond donors (Lipinski definition) is 1. The summed E-state index contributed by atoms with van der Waals surface area (Å²) >= 11 is 1.36. The van der Waals surface area contributed by atoms with Crippen molar-refractivity contribution in [1.29, 1.82) is 0 Å². The topological polar surface area (TPSA) is 93.3 Å². The molecule has 9 heteroatoms. The van der Waals surface area contributed by atoms with Gasteiger partial charge in [-0.3, -0.25) is 14.2 Å². The van der Waals surface area contributed by atoms with E-state index < -0.39 is 5.25 Å². The number of hydrogen-bond acceptors (Lipinski definition) is 7. The number of rotatable bonds is 8. The molecule has 1 atom stereocenters. The minimum absolute atomic E-state index is 0.00787. The van der Waals surface area contributed by atoms with Crippen LogP contribution >= 0.6 is 11.8 Å². The van der Waals surface area contributed by atoms with Gasteiger partial charge < -0.3 is 14.6 Å². The molecule has 4 rings (SSSR count). The van der Waals surface area contributed by atoms with Gasteiger partial charge in [0.15, 0.2) is 10.9 Å². The molecule has 1 saturated heterocycles. The molecule has 1 unspecified atom stereocenters. The van der Waals surface area contributed by atoms with Gasteiger partial charge in [-0.05, 0) is 63.1 Å². The summed E-state index contributed by atoms with van der Waals surface area (Å²) < 4.78 is 7.54. The number of thioether (sulfide) groups is 1. The largest absolute Gasteiger partial charge is 0.467 e. The summed E-state index contributed by atoms with van der Waals surface area (Å²) in [6, 6.07) is 10.7. The van der Waals surface area contributed by atoms with Gasteiger partial charge in [0.2, 0.25) is 11.9 Å². The summed E-state index contributed by atoms with van der Waals surface area (Å²) in [4.78, 5) is 26.4. The summed E-state index contributed by atoms with van der Waals surface area (Å²) in [5, 5.41) is 12.0. The average molecular weight is 440 g/mol. The highest BCUT2D eigenvalue weighted by molar-refractivity contribution is 8.00. The highest BCUT2D eigenvalue weighted by Gasteiger charge is 2.25. The summed E-state index contributed by atoms with van der Waals surface area (Å²) in [6.07, 6.45) is 3.92. The molecular formula is C22H25N5O3S. The fourth-order valence-electron chi connectivity index (χ4n) is 3.46. The number of nitrogens with zero attached hydrogens (tertiary/aromatic N) is 4. The van der Waals surface area contributed by atoms with E-state index in [2.05, 4.69) is 20.4 Å². The van der Waals surface area contributed by atoms with Gasteiger partial charge in [-0.15, -0.1) is 10.2 Å². The molecule has 162 valence electrons. The maximum absolute atomic E-state index is 12.7. The van der Waals surface area contributed by atoms with Crippen LogP contribution in [0, 0.1) is 0 Å². The Balaban J connectivity index is 1.48. The maximum Gasteiger partial charge on any atom is 0.237 e. The van der Waals surface area contributed by atoms with E-state index >= 15 is 0 Å². The smallest absolute Gasteiger partial charge is 0.237 e. The quantitative estimate of drug-likeness (QED) is 0.421. The van der Waals surface area contributed by atoms with Crippen molar-refractivity contribution in [2.45, 2.75) is 43.6 Å². The summed E-state index contributed by atoms with van der Waals surface area (Å²) in [5.74, 6) is 1.47. The first-order chi connectivity index (χ1) is 15.0. The molecule has 3 heterocycles. The third-order valence-corrected chi connectivity index (χ3v) is 6.27. The molecule has 3 aromatic rings. The minimum atomic E-state index is -0.390. The molecular weight excluding hydrogens is 414 g/mol. The molecule has 1 aliphatic heterocycles. The SMILES string of the molecule is CC(=O)c1ccc(NC(=O)C(C)Sc2nnc(N3CCCC3)n2Cc2ccco2)cc1. The lowest BCUT2D eigenvalue weighted by Crippen LogP contribution is -2.24. The van der Waals surface area contributed by atoms with Crippen LogP contribution in [0.3, 0.4) is 0 Å². The number of carbonyl (C=O) groups is 2. The van der Waals surface area contributed by atoms with E-state index in [1.807, 2.05) is 23.6 Å². The number of benzene rings is 1. The second-order valence-corrected chi connectivity index (χ2v) is 8.83. The van der Waals surface area contributed by atoms with Crippen LogP contribution in [0.1, 0.15) is 42.8 Å². The molecule has 1 amide bonds. The van der Waals surface area contributed by atoms with Crippen LogP contribution < -0.4 is 10.2 Å². The normalized spacial score (nSPS) is 14.6. The summed E-state index contributed by atoms with van der Waals surface area (Å²) in [6.45, 7) is 5.77. The monoisotopic (exact) mass is 439 g/mol. The van der Waals surface area contributed by atoms with Gasteiger partial charge in [0.05, 0.1) is 18.1 Å². The van der Waals surface area contributed by atoms with Crippen LogP contribution in [0.25, 0.3) is 0 Å². The van der Waals surface area contributed by atoms with Crippen LogP contribution in [-0.4, -0.2) is 44.8 Å². The zero-order chi connectivity index (χ0) is 21.8. The van der Waals surface area contributed by atoms with Gasteiger partial charge in [-0.25, -0.2) is 0 Å². The minimum Gasteiger partial charge on any atom is -0.467 e. The van der Waals surface area contributed by atoms with E-state index in [4.69, 9.17) is 4.42 Å². The predicted octanol–water partition coefficient (Wildman–Crippen LogP) is 3.84. The zero-order valence-corrected chi connectivity index (χ0v) is 18.4. The van der Waals surface area contributed by atoms with Crippen molar-refractivity contribution in [1.82, 2.24) is 14.8 Å². The number of carbonyl (C=O) groups excluding carboxylic acids is 2. The lowest BCUT2D eigenvalue weighted by Gasteiger charge is -2.18. The Labute approximate surface area is 185 Å². The fourth-order valence-corrected chi connectivity index (χ4v) is 4.30. The highest BCUT2D eigenvalue weighted by atomic mass is 32.2. The lowest BCUT2D eigenvalue weighted by molar-refractivity contribution is -0.115. The Morgan fingerprint density at radius 2 is 1.90 bits per heavy atom. The first-order valence-electron chi connectivity index (χ1n) is 10.3. The van der Waals surface area contributed by atoms with Crippen molar-refractivity contribution in [3.05, 3.63) is 54.0 Å². The van der Waals surface area contributed by atoms with Crippen molar-refractivity contribution in [2.75, 3.05) is 23.3 Å². The number of aromatic nitrogens is 3. The van der Waals surface area contributed by atoms with Crippen LogP contribution in [0.2, 0.25) is 0 Å². The molecule has 8 nitrogen and oxygen atoms in total. The third kappa shape index (κ3) is 4.99. The molecule has 1 fully saturated rings. The summed E-state index contributed by atoms with van der Waals surface area (Å²) in [5.41, 5.74) is 1.26. The standard InChI is InChI=1S/C22H25N5O3S/c1-15(28)17-7-9-18(10-8-17)23-20(29)16(2)31-22-25-24-21(26-11-3-4-12-26)27(22)14-19-6-5-13-30-19/h5-10,13,16H,3-4,11-12,14H2,1-2H3,(H,23,29). The van der Waals surface area contributed by atoms with Crippen molar-refractivity contribution in [3.63, 3.8) is 0 Å². The van der Waals surface area contributed by atoms with E-state index in [9.17, 15) is 9.59 Å². The van der Waals surface area contributed by atoms with Gasteiger partial charge in [0.25, 0.3) is 0 Å². The van der Waals surface area contributed by atoms with E-state index in [1.165, 1.54) is 18.7 Å². The average Bonchev–Trinajstić information content (AvgIpc) is 3.52. The molecule has 1 aliphatic rings. The van der Waals surface area contributed by atoms with Crippen LogP contribution in [-0.2, 0) is 11.3 Å². The Hall–Kier alpha value is -3.07. The third-order valence-electron chi connectivity index (χ3n) is 5.19. The second-order valence-electron chi connectivity index (χ2n) is 7.53. The molecule has 0 saturated carbocycles. The molecule has 0 bridgehead atoms. The number of anilines is 2. The van der Waals surface area contributed by atoms with E-state index in [0.717, 1.165) is 37.6 Å². The fraction of sp³-hybridized carbons (Fsp3) is 0.364. The molecule has 31 heavy (non-hydrogen) atoms. The van der Waals surface area contributed by atoms with Crippen molar-refractivity contribution in [2.24, 2.45) is 0 Å². The summed E-state index contributed by atoms with van der Waals surface area (Å²) in [7, 11) is 0. The number of nitrogens with one attached hydrogen (secondary N) is 1. The van der Waals surface area contributed by atoms with E-state index in [-0.39, 0.29) is 11.7 Å². The Morgan fingerprint density at radius 3 is 2.55 bits per heavy atom. The molecule has 1 N–H and O–H groups in total. The van der Waals surface area contributed by atoms with Crippen LogP contribution in [0.5, 0.6) is 0 Å². The Morgan fingerprint density at radius 1 is 1.16 bits per heavy atom. The van der Waals surface area contributed by atoms with Gasteiger partial charge >= 0.3 is 0 Å². The Bertz CT molecular complexity index is 1040. The molecule has 1 aromatic carbocycles. The van der Waals surface area contributed by atoms with Crippen molar-refractivity contribution < 1.29 is 14.0 Å². The second kappa shape index (κ2) is 9.38. The van der Waals surface area contributed by atoms with Gasteiger partial charge in [0.1, 0.15) is 5.76 Å². The van der Waals surface area contributed by atoms with Crippen molar-refractivity contribution >= 4 is 35.1 Å². The Kier molecular flexibility index (Phi) is 6.41. The number of ketones is 1. The molecule has 2 aromatic heterocycles. The first kappa shape index (κ1) is 21.2. The maximum atomic E-state index is 12.7. The molecule has 0 aliphatic carbocycles. The van der Waals surface area contributed by atoms with E-state index in [0.29, 0.717) is 23.0 Å². The number of furan rings is 1. The lowest BCUT2D eigenvalue weighted by atomic mass is 10.1. The van der Waals surface area contributed by atoms with Gasteiger partial charge in [0, 0.05) is 24.3 Å². The van der Waals surface area contributed by atoms with Gasteiger partial charge in [-0.1, -0.05) is 11.8 Å². The van der Waals surface area contributed by atoms with E-state index in [1.54, 1.807) is 30.5 Å².